The molecule has 0 radical (unpaired) electrons. The average molecular weight is 332 g/mol. The van der Waals surface area contributed by atoms with Crippen LogP contribution in [0.1, 0.15) is 15.9 Å². The number of halogens is 1. The third-order valence-electron chi connectivity index (χ3n) is 4.07. The SMILES string of the molecule is Cl.Nc1ccc(C(=O)N2CCN(Cc3ccccc3)CC2)cc1. The molecule has 5 heteroatoms. The van der Waals surface area contributed by atoms with Gasteiger partial charge in [0, 0.05) is 44.0 Å². The van der Waals surface area contributed by atoms with Crippen molar-refractivity contribution in [2.45, 2.75) is 6.54 Å². The van der Waals surface area contributed by atoms with Crippen LogP contribution >= 0.6 is 12.4 Å². The largest absolute Gasteiger partial charge is 0.399 e. The summed E-state index contributed by atoms with van der Waals surface area (Å²) < 4.78 is 0. The molecule has 2 aromatic rings. The normalized spacial score (nSPS) is 15.0. The first-order chi connectivity index (χ1) is 10.7. The maximum Gasteiger partial charge on any atom is 0.253 e. The first-order valence-corrected chi connectivity index (χ1v) is 7.63. The van der Waals surface area contributed by atoms with Gasteiger partial charge in [-0.15, -0.1) is 12.4 Å². The Morgan fingerprint density at radius 1 is 0.913 bits per heavy atom. The minimum Gasteiger partial charge on any atom is -0.399 e. The Kier molecular flexibility index (Phi) is 6.02. The van der Waals surface area contributed by atoms with E-state index >= 15 is 0 Å². The van der Waals surface area contributed by atoms with Crippen LogP contribution in [0.5, 0.6) is 0 Å². The van der Waals surface area contributed by atoms with Gasteiger partial charge in [0.05, 0.1) is 0 Å². The maximum atomic E-state index is 12.4. The Morgan fingerprint density at radius 2 is 1.52 bits per heavy atom. The molecular weight excluding hydrogens is 310 g/mol. The van der Waals surface area contributed by atoms with Crippen molar-refractivity contribution in [3.63, 3.8) is 0 Å². The number of amides is 1. The van der Waals surface area contributed by atoms with Gasteiger partial charge in [-0.05, 0) is 29.8 Å². The second-order valence-electron chi connectivity index (χ2n) is 5.68. The van der Waals surface area contributed by atoms with Gasteiger partial charge in [-0.2, -0.15) is 0 Å². The van der Waals surface area contributed by atoms with Gasteiger partial charge in [0.25, 0.3) is 5.91 Å². The van der Waals surface area contributed by atoms with Gasteiger partial charge in [-0.1, -0.05) is 30.3 Å². The first-order valence-electron chi connectivity index (χ1n) is 7.63. The van der Waals surface area contributed by atoms with Gasteiger partial charge in [-0.3, -0.25) is 9.69 Å². The van der Waals surface area contributed by atoms with E-state index in [0.717, 1.165) is 32.7 Å². The predicted molar refractivity (Wildman–Crippen MR) is 95.7 cm³/mol. The summed E-state index contributed by atoms with van der Waals surface area (Å²) >= 11 is 0. The molecule has 23 heavy (non-hydrogen) atoms. The van der Waals surface area contributed by atoms with E-state index in [9.17, 15) is 4.79 Å². The highest BCUT2D eigenvalue weighted by atomic mass is 35.5. The molecule has 1 heterocycles. The smallest absolute Gasteiger partial charge is 0.253 e. The Morgan fingerprint density at radius 3 is 2.13 bits per heavy atom. The van der Waals surface area contributed by atoms with Crippen LogP contribution in [-0.4, -0.2) is 41.9 Å². The van der Waals surface area contributed by atoms with Gasteiger partial charge in [0.15, 0.2) is 0 Å². The Labute approximate surface area is 143 Å². The Bertz CT molecular complexity index is 622. The number of rotatable bonds is 3. The minimum atomic E-state index is 0. The number of hydrogen-bond acceptors (Lipinski definition) is 3. The summed E-state index contributed by atoms with van der Waals surface area (Å²) in [5.41, 5.74) is 8.38. The van der Waals surface area contributed by atoms with E-state index in [1.54, 1.807) is 24.3 Å². The molecule has 1 aliphatic heterocycles. The van der Waals surface area contributed by atoms with Crippen molar-refractivity contribution in [3.05, 3.63) is 65.7 Å². The second-order valence-corrected chi connectivity index (χ2v) is 5.68. The highest BCUT2D eigenvalue weighted by molar-refractivity contribution is 5.94. The lowest BCUT2D eigenvalue weighted by atomic mass is 10.1. The quantitative estimate of drug-likeness (QED) is 0.880. The molecule has 2 aromatic carbocycles. The molecule has 0 spiro atoms. The minimum absolute atomic E-state index is 0. The molecular formula is C18H22ClN3O. The molecule has 0 saturated carbocycles. The van der Waals surface area contributed by atoms with E-state index in [-0.39, 0.29) is 18.3 Å². The molecule has 122 valence electrons. The molecule has 0 unspecified atom stereocenters. The van der Waals surface area contributed by atoms with Crippen LogP contribution in [0.15, 0.2) is 54.6 Å². The summed E-state index contributed by atoms with van der Waals surface area (Å²) in [7, 11) is 0. The van der Waals surface area contributed by atoms with Crippen LogP contribution in [0.25, 0.3) is 0 Å². The number of piperazine rings is 1. The monoisotopic (exact) mass is 331 g/mol. The number of nitrogens with zero attached hydrogens (tertiary/aromatic N) is 2. The Hall–Kier alpha value is -2.04. The molecule has 2 N–H and O–H groups in total. The third-order valence-corrected chi connectivity index (χ3v) is 4.07. The number of carbonyl (C=O) groups excluding carboxylic acids is 1. The van der Waals surface area contributed by atoms with Crippen molar-refractivity contribution in [2.24, 2.45) is 0 Å². The van der Waals surface area contributed by atoms with Gasteiger partial charge in [0.2, 0.25) is 0 Å². The highest BCUT2D eigenvalue weighted by Gasteiger charge is 2.21. The number of nitrogens with two attached hydrogens (primary N) is 1. The molecule has 1 aliphatic rings. The lowest BCUT2D eigenvalue weighted by Gasteiger charge is -2.34. The van der Waals surface area contributed by atoms with Crippen molar-refractivity contribution in [2.75, 3.05) is 31.9 Å². The van der Waals surface area contributed by atoms with Crippen molar-refractivity contribution in [3.8, 4) is 0 Å². The predicted octanol–water partition coefficient (Wildman–Crippen LogP) is 2.65. The van der Waals surface area contributed by atoms with E-state index in [4.69, 9.17) is 5.73 Å². The molecule has 1 saturated heterocycles. The summed E-state index contributed by atoms with van der Waals surface area (Å²) in [6.07, 6.45) is 0. The fraction of sp³-hybridized carbons (Fsp3) is 0.278. The number of hydrogen-bond donors (Lipinski definition) is 1. The fourth-order valence-electron chi connectivity index (χ4n) is 2.76. The topological polar surface area (TPSA) is 49.6 Å². The standard InChI is InChI=1S/C18H21N3O.ClH/c19-17-8-6-16(7-9-17)18(22)21-12-10-20(11-13-21)14-15-4-2-1-3-5-15;/h1-9H,10-14,19H2;1H. The van der Waals surface area contributed by atoms with E-state index in [1.165, 1.54) is 5.56 Å². The van der Waals surface area contributed by atoms with Crippen molar-refractivity contribution in [1.29, 1.82) is 0 Å². The van der Waals surface area contributed by atoms with E-state index < -0.39 is 0 Å². The van der Waals surface area contributed by atoms with Gasteiger partial charge in [-0.25, -0.2) is 0 Å². The molecule has 1 amide bonds. The lowest BCUT2D eigenvalue weighted by molar-refractivity contribution is 0.0628. The molecule has 0 aliphatic carbocycles. The Balaban J connectivity index is 0.00000192. The molecule has 0 bridgehead atoms. The molecule has 0 aromatic heterocycles. The zero-order chi connectivity index (χ0) is 15.4. The number of carbonyl (C=O) groups is 1. The summed E-state index contributed by atoms with van der Waals surface area (Å²) in [5, 5.41) is 0. The van der Waals surface area contributed by atoms with Crippen molar-refractivity contribution >= 4 is 24.0 Å². The van der Waals surface area contributed by atoms with Gasteiger partial charge >= 0.3 is 0 Å². The third kappa shape index (κ3) is 4.47. The highest BCUT2D eigenvalue weighted by Crippen LogP contribution is 2.13. The average Bonchev–Trinajstić information content (AvgIpc) is 2.57. The fourth-order valence-corrected chi connectivity index (χ4v) is 2.76. The van der Waals surface area contributed by atoms with Crippen molar-refractivity contribution in [1.82, 2.24) is 9.80 Å². The van der Waals surface area contributed by atoms with E-state index in [0.29, 0.717) is 11.3 Å². The van der Waals surface area contributed by atoms with Crippen LogP contribution in [0, 0.1) is 0 Å². The lowest BCUT2D eigenvalue weighted by Crippen LogP contribution is -2.48. The van der Waals surface area contributed by atoms with Crippen molar-refractivity contribution < 1.29 is 4.79 Å². The summed E-state index contributed by atoms with van der Waals surface area (Å²) in [6, 6.07) is 17.6. The molecule has 0 atom stereocenters. The van der Waals surface area contributed by atoms with E-state index in [1.807, 2.05) is 11.0 Å². The van der Waals surface area contributed by atoms with Gasteiger partial charge < -0.3 is 10.6 Å². The summed E-state index contributed by atoms with van der Waals surface area (Å²) in [5.74, 6) is 0.0966. The van der Waals surface area contributed by atoms with Gasteiger partial charge in [0.1, 0.15) is 0 Å². The summed E-state index contributed by atoms with van der Waals surface area (Å²) in [6.45, 7) is 4.32. The van der Waals surface area contributed by atoms with Crippen LogP contribution in [-0.2, 0) is 6.54 Å². The first kappa shape index (κ1) is 17.3. The van der Waals surface area contributed by atoms with Crippen LogP contribution < -0.4 is 5.73 Å². The summed E-state index contributed by atoms with van der Waals surface area (Å²) in [4.78, 5) is 16.8. The number of anilines is 1. The van der Waals surface area contributed by atoms with Crippen LogP contribution in [0.2, 0.25) is 0 Å². The maximum absolute atomic E-state index is 12.4. The zero-order valence-corrected chi connectivity index (χ0v) is 13.8. The van der Waals surface area contributed by atoms with E-state index in [2.05, 4.69) is 29.2 Å². The molecule has 4 nitrogen and oxygen atoms in total. The second kappa shape index (κ2) is 7.99. The van der Waals surface area contributed by atoms with Crippen LogP contribution in [0.3, 0.4) is 0 Å². The zero-order valence-electron chi connectivity index (χ0n) is 13.0. The van der Waals surface area contributed by atoms with Crippen LogP contribution in [0.4, 0.5) is 5.69 Å². The molecule has 1 fully saturated rings. The number of nitrogen functional groups attached to an aromatic ring is 1. The number of benzene rings is 2. The molecule has 3 rings (SSSR count).